The molecule has 1 aliphatic heterocycles. The van der Waals surface area contributed by atoms with Gasteiger partial charge >= 0.3 is 0 Å². The molecule has 2 heterocycles. The Morgan fingerprint density at radius 3 is 2.35 bits per heavy atom. The molecule has 1 aliphatic carbocycles. The molecular weight excluding hydrogens is 248 g/mol. The van der Waals surface area contributed by atoms with Gasteiger partial charge in [0.05, 0.1) is 6.10 Å². The number of hydrogen-bond donors (Lipinski definition) is 1. The number of aliphatic hydroxyl groups excluding tert-OH is 1. The third kappa shape index (κ3) is 2.75. The van der Waals surface area contributed by atoms with Crippen molar-refractivity contribution in [2.75, 3.05) is 13.1 Å². The molecule has 0 bridgehead atoms. The normalized spacial score (nSPS) is 24.6. The van der Waals surface area contributed by atoms with Crippen molar-refractivity contribution >= 4 is 0 Å². The Bertz CT molecular complexity index is 408. The average molecular weight is 274 g/mol. The van der Waals surface area contributed by atoms with Crippen LogP contribution >= 0.6 is 0 Å². The zero-order valence-electron chi connectivity index (χ0n) is 12.3. The molecule has 2 aliphatic rings. The molecule has 20 heavy (non-hydrogen) atoms. The van der Waals surface area contributed by atoms with Crippen molar-refractivity contribution in [1.29, 1.82) is 0 Å². The van der Waals surface area contributed by atoms with E-state index in [9.17, 15) is 5.11 Å². The summed E-state index contributed by atoms with van der Waals surface area (Å²) in [7, 11) is 0. The van der Waals surface area contributed by atoms with Crippen molar-refractivity contribution in [2.24, 2.45) is 0 Å². The lowest BCUT2D eigenvalue weighted by Crippen LogP contribution is -2.57. The summed E-state index contributed by atoms with van der Waals surface area (Å²) < 4.78 is 0. The zero-order chi connectivity index (χ0) is 13.8. The Morgan fingerprint density at radius 1 is 1.05 bits per heavy atom. The monoisotopic (exact) mass is 274 g/mol. The van der Waals surface area contributed by atoms with Crippen molar-refractivity contribution in [1.82, 2.24) is 9.88 Å². The highest BCUT2D eigenvalue weighted by molar-refractivity contribution is 5.14. The van der Waals surface area contributed by atoms with Crippen LogP contribution < -0.4 is 0 Å². The van der Waals surface area contributed by atoms with E-state index in [2.05, 4.69) is 9.88 Å². The highest BCUT2D eigenvalue weighted by Crippen LogP contribution is 2.40. The summed E-state index contributed by atoms with van der Waals surface area (Å²) >= 11 is 0. The Labute approximate surface area is 122 Å². The van der Waals surface area contributed by atoms with E-state index >= 15 is 0 Å². The van der Waals surface area contributed by atoms with Crippen molar-refractivity contribution in [3.63, 3.8) is 0 Å². The topological polar surface area (TPSA) is 36.4 Å². The molecule has 3 heteroatoms. The SMILES string of the molecule is OC(Cc1ccncc1)C1(N2CCCCC2)CCCC1. The summed E-state index contributed by atoms with van der Waals surface area (Å²) in [6.07, 6.45) is 13.0. The van der Waals surface area contributed by atoms with Gasteiger partial charge in [0.2, 0.25) is 0 Å². The third-order valence-corrected chi connectivity index (χ3v) is 5.25. The van der Waals surface area contributed by atoms with E-state index in [1.54, 1.807) is 0 Å². The third-order valence-electron chi connectivity index (χ3n) is 5.25. The van der Waals surface area contributed by atoms with Crippen molar-refractivity contribution in [3.8, 4) is 0 Å². The smallest absolute Gasteiger partial charge is 0.0764 e. The number of rotatable bonds is 4. The number of hydrogen-bond acceptors (Lipinski definition) is 3. The minimum atomic E-state index is -0.245. The Balaban J connectivity index is 1.75. The number of aliphatic hydroxyl groups is 1. The van der Waals surface area contributed by atoms with Crippen LogP contribution in [0.15, 0.2) is 24.5 Å². The molecule has 3 rings (SSSR count). The van der Waals surface area contributed by atoms with Gasteiger partial charge in [0.15, 0.2) is 0 Å². The minimum Gasteiger partial charge on any atom is -0.391 e. The van der Waals surface area contributed by atoms with Gasteiger partial charge in [-0.2, -0.15) is 0 Å². The van der Waals surface area contributed by atoms with E-state index in [0.717, 1.165) is 6.42 Å². The summed E-state index contributed by atoms with van der Waals surface area (Å²) in [5.74, 6) is 0. The molecule has 0 spiro atoms. The van der Waals surface area contributed by atoms with Crippen LogP contribution in [-0.2, 0) is 6.42 Å². The molecule has 1 unspecified atom stereocenters. The maximum atomic E-state index is 10.9. The number of aromatic nitrogens is 1. The highest BCUT2D eigenvalue weighted by Gasteiger charge is 2.45. The number of nitrogens with zero attached hydrogens (tertiary/aromatic N) is 2. The number of likely N-dealkylation sites (tertiary alicyclic amines) is 1. The van der Waals surface area contributed by atoms with Gasteiger partial charge < -0.3 is 5.11 Å². The van der Waals surface area contributed by atoms with Gasteiger partial charge in [-0.15, -0.1) is 0 Å². The van der Waals surface area contributed by atoms with Crippen LogP contribution in [0.25, 0.3) is 0 Å². The Morgan fingerprint density at radius 2 is 1.70 bits per heavy atom. The van der Waals surface area contributed by atoms with E-state index < -0.39 is 0 Å². The van der Waals surface area contributed by atoms with E-state index in [1.165, 1.54) is 63.6 Å². The molecule has 1 saturated heterocycles. The quantitative estimate of drug-likeness (QED) is 0.917. The molecule has 1 atom stereocenters. The summed E-state index contributed by atoms with van der Waals surface area (Å²) in [5, 5.41) is 10.9. The van der Waals surface area contributed by atoms with Crippen LogP contribution in [0.2, 0.25) is 0 Å². The van der Waals surface area contributed by atoms with Crippen LogP contribution in [0, 0.1) is 0 Å². The maximum Gasteiger partial charge on any atom is 0.0764 e. The first-order valence-corrected chi connectivity index (χ1v) is 8.13. The van der Waals surface area contributed by atoms with Crippen molar-refractivity contribution in [3.05, 3.63) is 30.1 Å². The molecule has 1 saturated carbocycles. The lowest BCUT2D eigenvalue weighted by Gasteiger charge is -2.46. The largest absolute Gasteiger partial charge is 0.391 e. The second kappa shape index (κ2) is 6.23. The molecule has 1 N–H and O–H groups in total. The van der Waals surface area contributed by atoms with Crippen LogP contribution in [0.1, 0.15) is 50.5 Å². The lowest BCUT2D eigenvalue weighted by molar-refractivity contribution is -0.0380. The molecule has 0 aromatic carbocycles. The van der Waals surface area contributed by atoms with Gasteiger partial charge in [0.25, 0.3) is 0 Å². The van der Waals surface area contributed by atoms with E-state index in [0.29, 0.717) is 0 Å². The fourth-order valence-electron chi connectivity index (χ4n) is 4.12. The first-order valence-electron chi connectivity index (χ1n) is 8.13. The summed E-state index contributed by atoms with van der Waals surface area (Å²) in [5.41, 5.74) is 1.25. The highest BCUT2D eigenvalue weighted by atomic mass is 16.3. The molecule has 1 aromatic rings. The first kappa shape index (κ1) is 14.0. The van der Waals surface area contributed by atoms with Gasteiger partial charge in [0, 0.05) is 24.4 Å². The van der Waals surface area contributed by atoms with Crippen LogP contribution in [0.3, 0.4) is 0 Å². The summed E-state index contributed by atoms with van der Waals surface area (Å²) in [4.78, 5) is 6.67. The molecule has 0 radical (unpaired) electrons. The van der Waals surface area contributed by atoms with Gasteiger partial charge in [-0.1, -0.05) is 19.3 Å². The molecule has 3 nitrogen and oxygen atoms in total. The van der Waals surface area contributed by atoms with Crippen LogP contribution in [0.5, 0.6) is 0 Å². The predicted octanol–water partition coefficient (Wildman–Crippen LogP) is 2.78. The van der Waals surface area contributed by atoms with Gasteiger partial charge in [0.1, 0.15) is 0 Å². The molecule has 0 amide bonds. The lowest BCUT2D eigenvalue weighted by atomic mass is 9.83. The van der Waals surface area contributed by atoms with E-state index in [1.807, 2.05) is 24.5 Å². The maximum absolute atomic E-state index is 10.9. The Hall–Kier alpha value is -0.930. The fraction of sp³-hybridized carbons (Fsp3) is 0.706. The minimum absolute atomic E-state index is 0.0453. The number of pyridine rings is 1. The summed E-state index contributed by atoms with van der Waals surface area (Å²) in [6.45, 7) is 2.35. The van der Waals surface area contributed by atoms with Gasteiger partial charge in [-0.05, 0) is 56.5 Å². The number of piperidine rings is 1. The van der Waals surface area contributed by atoms with Crippen molar-refractivity contribution in [2.45, 2.75) is 63.0 Å². The van der Waals surface area contributed by atoms with Crippen molar-refractivity contribution < 1.29 is 5.11 Å². The second-order valence-electron chi connectivity index (χ2n) is 6.43. The van der Waals surface area contributed by atoms with Crippen LogP contribution in [-0.4, -0.2) is 39.7 Å². The average Bonchev–Trinajstić information content (AvgIpc) is 3.00. The standard InChI is InChI=1S/C17H26N2O/c20-16(14-15-6-10-18-11-7-15)17(8-2-3-9-17)19-12-4-1-5-13-19/h6-7,10-11,16,20H,1-5,8-9,12-14H2. The molecule has 110 valence electrons. The predicted molar refractivity (Wildman–Crippen MR) is 80.6 cm³/mol. The molecule has 1 aromatic heterocycles. The fourth-order valence-corrected chi connectivity index (χ4v) is 4.12. The van der Waals surface area contributed by atoms with Crippen LogP contribution in [0.4, 0.5) is 0 Å². The van der Waals surface area contributed by atoms with E-state index in [-0.39, 0.29) is 11.6 Å². The van der Waals surface area contributed by atoms with Gasteiger partial charge in [-0.3, -0.25) is 9.88 Å². The molecule has 2 fully saturated rings. The Kier molecular flexibility index (Phi) is 4.37. The first-order chi connectivity index (χ1) is 9.81. The second-order valence-corrected chi connectivity index (χ2v) is 6.43. The summed E-state index contributed by atoms with van der Waals surface area (Å²) in [6, 6.07) is 4.06. The molecular formula is C17H26N2O. The van der Waals surface area contributed by atoms with E-state index in [4.69, 9.17) is 0 Å². The zero-order valence-corrected chi connectivity index (χ0v) is 12.3. The van der Waals surface area contributed by atoms with Gasteiger partial charge in [-0.25, -0.2) is 0 Å².